The number of benzene rings is 1. The number of nitrogens with two attached hydrogens (primary N) is 1. The van der Waals surface area contributed by atoms with Gasteiger partial charge in [0.2, 0.25) is 0 Å². The molecule has 1 aromatic rings. The van der Waals surface area contributed by atoms with E-state index in [4.69, 9.17) is 17.3 Å². The van der Waals surface area contributed by atoms with Crippen LogP contribution in [0.3, 0.4) is 0 Å². The molecule has 0 atom stereocenters. The standard InChI is InChI=1S/C13H20ClN5O2/c1-17-5-6-18(9-17)4-2-3-16-12-8-13(19(20)21)11(15)7-10(12)14/h7-8,16H,2-6,9,15H2,1H3. The van der Waals surface area contributed by atoms with E-state index in [1.165, 1.54) is 12.1 Å². The first kappa shape index (κ1) is 15.8. The van der Waals surface area contributed by atoms with Gasteiger partial charge >= 0.3 is 0 Å². The first-order chi connectivity index (χ1) is 9.97. The van der Waals surface area contributed by atoms with Gasteiger partial charge in [0.1, 0.15) is 5.69 Å². The van der Waals surface area contributed by atoms with Crippen LogP contribution in [0.2, 0.25) is 5.02 Å². The minimum absolute atomic E-state index is 0.0793. The van der Waals surface area contributed by atoms with Crippen LogP contribution in [0.4, 0.5) is 17.1 Å². The lowest BCUT2D eigenvalue weighted by Crippen LogP contribution is -2.25. The predicted octanol–water partition coefficient (Wildman–Crippen LogP) is 1.84. The predicted molar refractivity (Wildman–Crippen MR) is 84.7 cm³/mol. The third kappa shape index (κ3) is 4.20. The van der Waals surface area contributed by atoms with E-state index in [0.29, 0.717) is 17.3 Å². The highest BCUT2D eigenvalue weighted by Crippen LogP contribution is 2.32. The summed E-state index contributed by atoms with van der Waals surface area (Å²) in [6.45, 7) is 4.88. The molecule has 8 heteroatoms. The number of nitro benzene ring substituents is 1. The lowest BCUT2D eigenvalue weighted by molar-refractivity contribution is -0.383. The second-order valence-electron chi connectivity index (χ2n) is 5.27. The number of rotatable bonds is 6. The average Bonchev–Trinajstić information content (AvgIpc) is 2.82. The summed E-state index contributed by atoms with van der Waals surface area (Å²) in [5.41, 5.74) is 6.09. The van der Waals surface area contributed by atoms with Crippen molar-refractivity contribution >= 4 is 28.7 Å². The Morgan fingerprint density at radius 3 is 2.86 bits per heavy atom. The van der Waals surface area contributed by atoms with Crippen LogP contribution in [0.1, 0.15) is 6.42 Å². The van der Waals surface area contributed by atoms with E-state index < -0.39 is 4.92 Å². The van der Waals surface area contributed by atoms with E-state index in [-0.39, 0.29) is 11.4 Å². The third-order valence-electron chi connectivity index (χ3n) is 3.52. The largest absolute Gasteiger partial charge is 0.393 e. The summed E-state index contributed by atoms with van der Waals surface area (Å²) in [5, 5.41) is 14.4. The van der Waals surface area contributed by atoms with Gasteiger partial charge < -0.3 is 11.1 Å². The Labute approximate surface area is 128 Å². The van der Waals surface area contributed by atoms with Crippen LogP contribution in [-0.4, -0.2) is 54.6 Å². The number of halogens is 1. The van der Waals surface area contributed by atoms with Crippen LogP contribution < -0.4 is 11.1 Å². The zero-order chi connectivity index (χ0) is 15.4. The number of hydrogen-bond acceptors (Lipinski definition) is 6. The Morgan fingerprint density at radius 2 is 2.24 bits per heavy atom. The topological polar surface area (TPSA) is 87.7 Å². The number of nitrogen functional groups attached to an aromatic ring is 1. The van der Waals surface area contributed by atoms with E-state index >= 15 is 0 Å². The van der Waals surface area contributed by atoms with E-state index in [2.05, 4.69) is 22.2 Å². The van der Waals surface area contributed by atoms with Crippen molar-refractivity contribution < 1.29 is 4.92 Å². The van der Waals surface area contributed by atoms with Gasteiger partial charge in [0, 0.05) is 32.2 Å². The summed E-state index contributed by atoms with van der Waals surface area (Å²) in [7, 11) is 2.10. The molecule has 0 amide bonds. The molecule has 1 saturated heterocycles. The zero-order valence-electron chi connectivity index (χ0n) is 12.0. The fourth-order valence-electron chi connectivity index (χ4n) is 2.37. The number of anilines is 2. The first-order valence-corrected chi connectivity index (χ1v) is 7.23. The molecule has 0 spiro atoms. The fourth-order valence-corrected chi connectivity index (χ4v) is 2.61. The molecule has 2 rings (SSSR count). The zero-order valence-corrected chi connectivity index (χ0v) is 12.8. The molecule has 1 aliphatic rings. The molecule has 21 heavy (non-hydrogen) atoms. The molecular formula is C13H20ClN5O2. The van der Waals surface area contributed by atoms with E-state index in [1.54, 1.807) is 0 Å². The van der Waals surface area contributed by atoms with Gasteiger partial charge in [-0.2, -0.15) is 0 Å². The quantitative estimate of drug-likeness (QED) is 0.360. The van der Waals surface area contributed by atoms with Crippen LogP contribution in [-0.2, 0) is 0 Å². The number of likely N-dealkylation sites (N-methyl/N-ethyl adjacent to an activating group) is 1. The smallest absolute Gasteiger partial charge is 0.294 e. The maximum Gasteiger partial charge on any atom is 0.294 e. The molecule has 7 nitrogen and oxygen atoms in total. The maximum absolute atomic E-state index is 10.9. The van der Waals surface area contributed by atoms with Crippen molar-refractivity contribution in [3.05, 3.63) is 27.3 Å². The summed E-state index contributed by atoms with van der Waals surface area (Å²) < 4.78 is 0. The minimum Gasteiger partial charge on any atom is -0.393 e. The van der Waals surface area contributed by atoms with Gasteiger partial charge in [-0.3, -0.25) is 19.9 Å². The normalized spacial score (nSPS) is 16.3. The van der Waals surface area contributed by atoms with Crippen molar-refractivity contribution in [2.45, 2.75) is 6.42 Å². The van der Waals surface area contributed by atoms with Crippen molar-refractivity contribution in [1.29, 1.82) is 0 Å². The van der Waals surface area contributed by atoms with Gasteiger partial charge in [0.25, 0.3) is 5.69 Å². The Balaban J connectivity index is 1.85. The molecule has 0 aliphatic carbocycles. The molecule has 3 N–H and O–H groups in total. The molecule has 1 aliphatic heterocycles. The van der Waals surface area contributed by atoms with Gasteiger partial charge in [-0.25, -0.2) is 0 Å². The van der Waals surface area contributed by atoms with E-state index in [1.807, 2.05) is 0 Å². The third-order valence-corrected chi connectivity index (χ3v) is 3.83. The van der Waals surface area contributed by atoms with Gasteiger partial charge in [-0.15, -0.1) is 0 Å². The molecule has 0 aromatic heterocycles. The summed E-state index contributed by atoms with van der Waals surface area (Å²) >= 11 is 6.05. The molecule has 0 radical (unpaired) electrons. The Hall–Kier alpha value is -1.57. The Morgan fingerprint density at radius 1 is 1.48 bits per heavy atom. The average molecular weight is 314 g/mol. The summed E-state index contributed by atoms with van der Waals surface area (Å²) in [6, 6.07) is 2.80. The second kappa shape index (κ2) is 6.93. The van der Waals surface area contributed by atoms with Crippen LogP contribution in [0.25, 0.3) is 0 Å². The van der Waals surface area contributed by atoms with E-state index in [0.717, 1.165) is 32.7 Å². The van der Waals surface area contributed by atoms with Crippen molar-refractivity contribution in [2.75, 3.05) is 50.9 Å². The van der Waals surface area contributed by atoms with Crippen LogP contribution in [0, 0.1) is 10.1 Å². The molecule has 0 unspecified atom stereocenters. The molecule has 1 heterocycles. The molecule has 0 bridgehead atoms. The summed E-state index contributed by atoms with van der Waals surface area (Å²) in [4.78, 5) is 15.0. The highest BCUT2D eigenvalue weighted by Gasteiger charge is 2.16. The van der Waals surface area contributed by atoms with Crippen LogP contribution in [0.15, 0.2) is 12.1 Å². The van der Waals surface area contributed by atoms with Crippen LogP contribution >= 0.6 is 11.6 Å². The lowest BCUT2D eigenvalue weighted by atomic mass is 10.2. The van der Waals surface area contributed by atoms with Gasteiger partial charge in [0.15, 0.2) is 0 Å². The highest BCUT2D eigenvalue weighted by atomic mass is 35.5. The molecule has 1 fully saturated rings. The number of nitrogens with one attached hydrogen (secondary N) is 1. The molecule has 0 saturated carbocycles. The molecule has 116 valence electrons. The van der Waals surface area contributed by atoms with Crippen molar-refractivity contribution in [2.24, 2.45) is 0 Å². The highest BCUT2D eigenvalue weighted by molar-refractivity contribution is 6.33. The molecular weight excluding hydrogens is 294 g/mol. The van der Waals surface area contributed by atoms with E-state index in [9.17, 15) is 10.1 Å². The first-order valence-electron chi connectivity index (χ1n) is 6.85. The maximum atomic E-state index is 10.9. The van der Waals surface area contributed by atoms with Crippen molar-refractivity contribution in [3.63, 3.8) is 0 Å². The number of nitro groups is 1. The monoisotopic (exact) mass is 313 g/mol. The number of nitrogens with zero attached hydrogens (tertiary/aromatic N) is 3. The fraction of sp³-hybridized carbons (Fsp3) is 0.538. The number of hydrogen-bond donors (Lipinski definition) is 2. The summed E-state index contributed by atoms with van der Waals surface area (Å²) in [6.07, 6.45) is 0.947. The Bertz CT molecular complexity index is 526. The van der Waals surface area contributed by atoms with Crippen molar-refractivity contribution in [1.82, 2.24) is 9.80 Å². The van der Waals surface area contributed by atoms with Crippen molar-refractivity contribution in [3.8, 4) is 0 Å². The lowest BCUT2D eigenvalue weighted by Gasteiger charge is -2.16. The minimum atomic E-state index is -0.503. The van der Waals surface area contributed by atoms with Gasteiger partial charge in [0.05, 0.1) is 22.3 Å². The summed E-state index contributed by atoms with van der Waals surface area (Å²) in [5.74, 6) is 0. The SMILES string of the molecule is CN1CCN(CCCNc2cc([N+](=O)[O-])c(N)cc2Cl)C1. The van der Waals surface area contributed by atoms with Gasteiger partial charge in [-0.05, 0) is 19.5 Å². The van der Waals surface area contributed by atoms with Gasteiger partial charge in [-0.1, -0.05) is 11.6 Å². The van der Waals surface area contributed by atoms with Crippen LogP contribution in [0.5, 0.6) is 0 Å². The molecule has 1 aromatic carbocycles. The Kier molecular flexibility index (Phi) is 5.22. The second-order valence-corrected chi connectivity index (χ2v) is 5.67.